The Morgan fingerprint density at radius 1 is 1.26 bits per heavy atom. The van der Waals surface area contributed by atoms with Gasteiger partial charge in [0.15, 0.2) is 0 Å². The molecule has 3 rings (SSSR count). The van der Waals surface area contributed by atoms with Gasteiger partial charge in [0.1, 0.15) is 0 Å². The van der Waals surface area contributed by atoms with Crippen molar-refractivity contribution < 1.29 is 20.1 Å². The van der Waals surface area contributed by atoms with E-state index in [9.17, 15) is 15.0 Å². The highest BCUT2D eigenvalue weighted by molar-refractivity contribution is 5.66. The Bertz CT molecular complexity index is 575. The molecule has 0 aromatic carbocycles. The second-order valence-electron chi connectivity index (χ2n) is 9.27. The van der Waals surface area contributed by atoms with Gasteiger partial charge in [-0.25, -0.2) is 0 Å². The van der Waals surface area contributed by atoms with Gasteiger partial charge in [0.2, 0.25) is 0 Å². The molecule has 0 heterocycles. The van der Waals surface area contributed by atoms with Gasteiger partial charge < -0.3 is 15.3 Å². The van der Waals surface area contributed by atoms with E-state index in [1.54, 1.807) is 0 Å². The molecule has 4 nitrogen and oxygen atoms in total. The second-order valence-corrected chi connectivity index (χ2v) is 9.27. The van der Waals surface area contributed by atoms with Crippen molar-refractivity contribution in [3.05, 3.63) is 23.8 Å². The number of carboxylic acids is 1. The number of hydrogen-bond acceptors (Lipinski definition) is 3. The zero-order valence-corrected chi connectivity index (χ0v) is 16.6. The van der Waals surface area contributed by atoms with Crippen LogP contribution in [0.3, 0.4) is 0 Å². The van der Waals surface area contributed by atoms with Crippen LogP contribution in [0.25, 0.3) is 0 Å². The molecule has 0 saturated heterocycles. The van der Waals surface area contributed by atoms with Crippen LogP contribution in [-0.2, 0) is 4.79 Å². The Morgan fingerprint density at radius 2 is 2.00 bits per heavy atom. The first-order chi connectivity index (χ1) is 12.9. The number of aliphatic carboxylic acids is 1. The third-order valence-electron chi connectivity index (χ3n) is 7.46. The van der Waals surface area contributed by atoms with E-state index in [0.717, 1.165) is 25.7 Å². The number of carbonyl (C=O) groups is 1. The highest BCUT2D eigenvalue weighted by Gasteiger charge is 2.53. The molecule has 152 valence electrons. The molecule has 27 heavy (non-hydrogen) atoms. The molecule has 3 N–H and O–H groups in total. The van der Waals surface area contributed by atoms with Crippen LogP contribution in [0.4, 0.5) is 0 Å². The summed E-state index contributed by atoms with van der Waals surface area (Å²) in [7, 11) is 0. The molecule has 3 fully saturated rings. The standard InChI is InChI=1S/C23H36O4/c1-23-13-12-21(25)19(20(23)15-17(23)8-5-9-22(26)27)11-10-18(24)14-16-6-3-2-4-7-16/h8,10-11,16,18-21,24-25H,2-7,9,12-15H2,1H3,(H,26,27)/t18?,19-,20-,21-,23-/m0/s1. The first-order valence-electron chi connectivity index (χ1n) is 10.9. The maximum Gasteiger partial charge on any atom is 0.303 e. The fourth-order valence-electron chi connectivity index (χ4n) is 5.67. The van der Waals surface area contributed by atoms with Gasteiger partial charge in [0.05, 0.1) is 12.2 Å². The largest absolute Gasteiger partial charge is 0.481 e. The Hall–Kier alpha value is -1.13. The summed E-state index contributed by atoms with van der Waals surface area (Å²) in [6.07, 6.45) is 16.1. The van der Waals surface area contributed by atoms with Crippen molar-refractivity contribution in [1.29, 1.82) is 0 Å². The van der Waals surface area contributed by atoms with Crippen LogP contribution in [0.15, 0.2) is 23.8 Å². The predicted molar refractivity (Wildman–Crippen MR) is 106 cm³/mol. The van der Waals surface area contributed by atoms with Crippen molar-refractivity contribution in [2.45, 2.75) is 89.8 Å². The second kappa shape index (κ2) is 8.91. The summed E-state index contributed by atoms with van der Waals surface area (Å²) in [5.41, 5.74) is 1.45. The summed E-state index contributed by atoms with van der Waals surface area (Å²) in [4.78, 5) is 10.7. The van der Waals surface area contributed by atoms with E-state index < -0.39 is 12.1 Å². The van der Waals surface area contributed by atoms with E-state index >= 15 is 0 Å². The summed E-state index contributed by atoms with van der Waals surface area (Å²) in [6, 6.07) is 0. The molecule has 0 amide bonds. The summed E-state index contributed by atoms with van der Waals surface area (Å²) in [6.45, 7) is 2.26. The van der Waals surface area contributed by atoms with Crippen molar-refractivity contribution in [3.63, 3.8) is 0 Å². The van der Waals surface area contributed by atoms with Crippen LogP contribution in [0.5, 0.6) is 0 Å². The highest BCUT2D eigenvalue weighted by Crippen LogP contribution is 2.61. The van der Waals surface area contributed by atoms with Crippen LogP contribution in [0.1, 0.15) is 77.6 Å². The van der Waals surface area contributed by atoms with E-state index in [1.165, 1.54) is 37.7 Å². The van der Waals surface area contributed by atoms with Gasteiger partial charge in [0.25, 0.3) is 0 Å². The average molecular weight is 377 g/mol. The molecule has 0 aliphatic heterocycles. The SMILES string of the molecule is C[C@@]12CC[C@H](O)[C@@H](C=CC(O)CC3CCCCC3)[C@@H]1CC2=CCCC(=O)O. The third-order valence-corrected chi connectivity index (χ3v) is 7.46. The molecule has 5 atom stereocenters. The fraction of sp³-hybridized carbons (Fsp3) is 0.783. The van der Waals surface area contributed by atoms with Crippen molar-refractivity contribution in [1.82, 2.24) is 0 Å². The minimum absolute atomic E-state index is 0.0844. The van der Waals surface area contributed by atoms with Crippen molar-refractivity contribution >= 4 is 5.97 Å². The predicted octanol–water partition coefficient (Wildman–Crippen LogP) is 4.46. The van der Waals surface area contributed by atoms with E-state index in [-0.39, 0.29) is 23.9 Å². The lowest BCUT2D eigenvalue weighted by atomic mass is 9.48. The molecule has 0 spiro atoms. The topological polar surface area (TPSA) is 77.8 Å². The molecule has 0 radical (unpaired) electrons. The van der Waals surface area contributed by atoms with Gasteiger partial charge in [-0.3, -0.25) is 4.79 Å². The Labute approximate surface area is 163 Å². The third kappa shape index (κ3) is 4.83. The summed E-state index contributed by atoms with van der Waals surface area (Å²) in [5, 5.41) is 29.8. The number of allylic oxidation sites excluding steroid dienone is 2. The summed E-state index contributed by atoms with van der Waals surface area (Å²) in [5.74, 6) is 0.393. The smallest absolute Gasteiger partial charge is 0.303 e. The molecule has 0 aromatic heterocycles. The van der Waals surface area contributed by atoms with Gasteiger partial charge in [-0.2, -0.15) is 0 Å². The fourth-order valence-corrected chi connectivity index (χ4v) is 5.67. The first-order valence-corrected chi connectivity index (χ1v) is 10.9. The Balaban J connectivity index is 1.57. The summed E-state index contributed by atoms with van der Waals surface area (Å²) < 4.78 is 0. The van der Waals surface area contributed by atoms with Crippen LogP contribution in [0.2, 0.25) is 0 Å². The molecule has 0 aromatic rings. The lowest BCUT2D eigenvalue weighted by Crippen LogP contribution is -2.51. The molecule has 3 aliphatic rings. The number of aliphatic hydroxyl groups is 2. The number of rotatable bonds is 7. The summed E-state index contributed by atoms with van der Waals surface area (Å²) >= 11 is 0. The van der Waals surface area contributed by atoms with E-state index in [2.05, 4.69) is 19.1 Å². The van der Waals surface area contributed by atoms with E-state index in [4.69, 9.17) is 5.11 Å². The molecule has 3 saturated carbocycles. The highest BCUT2D eigenvalue weighted by atomic mass is 16.4. The van der Waals surface area contributed by atoms with Crippen molar-refractivity contribution in [2.24, 2.45) is 23.2 Å². The number of aliphatic hydroxyl groups excluding tert-OH is 2. The minimum atomic E-state index is -0.750. The maximum atomic E-state index is 10.7. The van der Waals surface area contributed by atoms with Gasteiger partial charge in [-0.1, -0.05) is 62.8 Å². The van der Waals surface area contributed by atoms with Crippen LogP contribution in [0, 0.1) is 23.2 Å². The minimum Gasteiger partial charge on any atom is -0.481 e. The van der Waals surface area contributed by atoms with E-state index in [1.807, 2.05) is 6.08 Å². The first kappa shape index (κ1) is 20.6. The number of fused-ring (bicyclic) bond motifs is 1. The lowest BCUT2D eigenvalue weighted by molar-refractivity contribution is -0.136. The van der Waals surface area contributed by atoms with Gasteiger partial charge >= 0.3 is 5.97 Å². The maximum absolute atomic E-state index is 10.7. The van der Waals surface area contributed by atoms with Crippen LogP contribution >= 0.6 is 0 Å². The van der Waals surface area contributed by atoms with Gasteiger partial charge in [-0.15, -0.1) is 0 Å². The van der Waals surface area contributed by atoms with Gasteiger partial charge in [0, 0.05) is 12.3 Å². The Kier molecular flexibility index (Phi) is 6.80. The van der Waals surface area contributed by atoms with Crippen molar-refractivity contribution in [3.8, 4) is 0 Å². The zero-order chi connectivity index (χ0) is 19.4. The van der Waals surface area contributed by atoms with Gasteiger partial charge in [-0.05, 0) is 49.4 Å². The molecule has 0 bridgehead atoms. The molecule has 1 unspecified atom stereocenters. The molecule has 3 aliphatic carbocycles. The van der Waals surface area contributed by atoms with Crippen molar-refractivity contribution in [2.75, 3.05) is 0 Å². The lowest BCUT2D eigenvalue weighted by Gasteiger charge is -2.57. The number of hydrogen-bond donors (Lipinski definition) is 3. The molecular formula is C23H36O4. The average Bonchev–Trinajstić information content (AvgIpc) is 2.63. The Morgan fingerprint density at radius 3 is 2.70 bits per heavy atom. The number of carboxylic acid groups (broad SMARTS) is 1. The van der Waals surface area contributed by atoms with E-state index in [0.29, 0.717) is 18.3 Å². The van der Waals surface area contributed by atoms with Crippen LogP contribution < -0.4 is 0 Å². The normalized spacial score (nSPS) is 37.1. The quantitative estimate of drug-likeness (QED) is 0.573. The monoisotopic (exact) mass is 376 g/mol. The van der Waals surface area contributed by atoms with Crippen LogP contribution in [-0.4, -0.2) is 33.5 Å². The molecular weight excluding hydrogens is 340 g/mol. The molecule has 4 heteroatoms. The zero-order valence-electron chi connectivity index (χ0n) is 16.6.